The van der Waals surface area contributed by atoms with Gasteiger partial charge < -0.3 is 5.32 Å². The van der Waals surface area contributed by atoms with E-state index in [4.69, 9.17) is 23.2 Å². The van der Waals surface area contributed by atoms with Crippen LogP contribution < -0.4 is 9.88 Å². The van der Waals surface area contributed by atoms with Crippen molar-refractivity contribution < 1.29 is 14.2 Å². The van der Waals surface area contributed by atoms with Crippen molar-refractivity contribution in [3.05, 3.63) is 80.6 Å². The zero-order valence-corrected chi connectivity index (χ0v) is 18.8. The molecule has 2 aliphatic rings. The van der Waals surface area contributed by atoms with Gasteiger partial charge in [-0.05, 0) is 56.4 Å². The Morgan fingerprint density at radius 1 is 0.812 bits per heavy atom. The van der Waals surface area contributed by atoms with Gasteiger partial charge in [0.1, 0.15) is 15.9 Å². The van der Waals surface area contributed by atoms with Crippen LogP contribution >= 0.6 is 23.2 Å². The molecule has 2 aliphatic carbocycles. The second kappa shape index (κ2) is 8.60. The summed E-state index contributed by atoms with van der Waals surface area (Å²) in [5, 5.41) is 3.49. The molecule has 0 radical (unpaired) electrons. The molecule has 8 heteroatoms. The van der Waals surface area contributed by atoms with Crippen LogP contribution in [0.5, 0.6) is 0 Å². The molecular weight excluding hydrogens is 447 g/mol. The lowest BCUT2D eigenvalue weighted by atomic mass is 9.91. The largest absolute Gasteiger partial charge is 0.428 e. The number of hydrogen-bond donors (Lipinski definition) is 1. The number of amides is 1. The third kappa shape index (κ3) is 3.57. The van der Waals surface area contributed by atoms with Crippen molar-refractivity contribution in [1.29, 1.82) is 0 Å². The number of aromatic nitrogens is 3. The Morgan fingerprint density at radius 2 is 1.38 bits per heavy atom. The lowest BCUT2D eigenvalue weighted by molar-refractivity contribution is -0.588. The van der Waals surface area contributed by atoms with Gasteiger partial charge in [0, 0.05) is 36.4 Å². The van der Waals surface area contributed by atoms with Crippen molar-refractivity contribution in [2.75, 3.05) is 5.32 Å². The Labute approximate surface area is 195 Å². The highest BCUT2D eigenvalue weighted by Crippen LogP contribution is 2.36. The molecule has 0 spiro atoms. The van der Waals surface area contributed by atoms with Crippen LogP contribution in [0.3, 0.4) is 0 Å². The summed E-state index contributed by atoms with van der Waals surface area (Å²) < 4.78 is 1.84. The topological polar surface area (TPSA) is 75.8 Å². The van der Waals surface area contributed by atoms with Gasteiger partial charge in [0.2, 0.25) is 0 Å². The molecule has 3 heterocycles. The third-order valence-corrected chi connectivity index (χ3v) is 6.81. The average Bonchev–Trinajstić information content (AvgIpc) is 3.28. The molecule has 3 aromatic rings. The summed E-state index contributed by atoms with van der Waals surface area (Å²) in [6.07, 6.45) is 9.17. The van der Waals surface area contributed by atoms with E-state index in [0.717, 1.165) is 73.1 Å². The first-order chi connectivity index (χ1) is 15.6. The lowest BCUT2D eigenvalue weighted by Gasteiger charge is -2.21. The molecule has 0 saturated heterocycles. The van der Waals surface area contributed by atoms with Gasteiger partial charge in [-0.2, -0.15) is 0 Å². The van der Waals surface area contributed by atoms with Gasteiger partial charge in [-0.25, -0.2) is 14.8 Å². The van der Waals surface area contributed by atoms with Gasteiger partial charge in [0.15, 0.2) is 11.4 Å². The van der Waals surface area contributed by atoms with Gasteiger partial charge in [-0.3, -0.25) is 4.79 Å². The molecule has 0 aliphatic heterocycles. The van der Waals surface area contributed by atoms with E-state index in [1.54, 1.807) is 36.7 Å². The van der Waals surface area contributed by atoms with E-state index < -0.39 is 0 Å². The average molecular weight is 468 g/mol. The number of anilines is 1. The molecule has 162 valence electrons. The van der Waals surface area contributed by atoms with E-state index >= 15 is 0 Å². The molecule has 3 aromatic heterocycles. The van der Waals surface area contributed by atoms with Gasteiger partial charge in [-0.15, -0.1) is 4.57 Å². The zero-order valence-electron chi connectivity index (χ0n) is 17.3. The van der Waals surface area contributed by atoms with Gasteiger partial charge in [0.25, 0.3) is 5.91 Å². The van der Waals surface area contributed by atoms with Crippen LogP contribution in [0.2, 0.25) is 10.3 Å². The molecule has 1 N–H and O–H groups in total. The molecule has 0 fully saturated rings. The standard InChI is InChI=1S/C24H20Cl2N4O2/c25-21-16(8-4-12-27-21)23(31)29-20-14-6-1-2-10-18(14)30(19-11-3-7-15(19)20)24(32)17-9-5-13-28-22(17)26/h4-5,8-9,12-13H,1-3,6-7,10-11H2/p+1. The maximum atomic E-state index is 13.6. The number of hydrogen-bond acceptors (Lipinski definition) is 4. The monoisotopic (exact) mass is 467 g/mol. The Kier molecular flexibility index (Phi) is 5.66. The number of halogens is 2. The van der Waals surface area contributed by atoms with E-state index in [2.05, 4.69) is 15.3 Å². The minimum Gasteiger partial charge on any atom is -0.321 e. The van der Waals surface area contributed by atoms with E-state index in [-0.39, 0.29) is 22.1 Å². The first-order valence-corrected chi connectivity index (χ1v) is 11.5. The van der Waals surface area contributed by atoms with Crippen LogP contribution in [0.4, 0.5) is 5.69 Å². The maximum absolute atomic E-state index is 13.6. The van der Waals surface area contributed by atoms with E-state index in [9.17, 15) is 9.59 Å². The van der Waals surface area contributed by atoms with Crippen molar-refractivity contribution >= 4 is 40.7 Å². The van der Waals surface area contributed by atoms with Crippen molar-refractivity contribution in [2.24, 2.45) is 0 Å². The van der Waals surface area contributed by atoms with Crippen LogP contribution in [0.15, 0.2) is 36.7 Å². The van der Waals surface area contributed by atoms with Crippen LogP contribution in [0, 0.1) is 0 Å². The number of pyridine rings is 3. The Balaban J connectivity index is 1.66. The highest BCUT2D eigenvalue weighted by molar-refractivity contribution is 6.33. The number of nitrogens with zero attached hydrogens (tertiary/aromatic N) is 3. The van der Waals surface area contributed by atoms with Crippen molar-refractivity contribution in [2.45, 2.75) is 44.9 Å². The molecule has 1 amide bonds. The Hall–Kier alpha value is -2.83. The number of nitrogens with one attached hydrogen (secondary N) is 1. The smallest absolute Gasteiger partial charge is 0.321 e. The predicted molar refractivity (Wildman–Crippen MR) is 121 cm³/mol. The van der Waals surface area contributed by atoms with Crippen molar-refractivity contribution in [3.8, 4) is 0 Å². The Morgan fingerprint density at radius 3 is 2.03 bits per heavy atom. The Bertz CT molecular complexity index is 1260. The molecule has 0 bridgehead atoms. The van der Waals surface area contributed by atoms with Crippen molar-refractivity contribution in [1.82, 2.24) is 9.97 Å². The lowest BCUT2D eigenvalue weighted by Crippen LogP contribution is -2.52. The first-order valence-electron chi connectivity index (χ1n) is 10.7. The maximum Gasteiger partial charge on any atom is 0.428 e. The highest BCUT2D eigenvalue weighted by Gasteiger charge is 2.39. The highest BCUT2D eigenvalue weighted by atomic mass is 35.5. The summed E-state index contributed by atoms with van der Waals surface area (Å²) in [7, 11) is 0. The van der Waals surface area contributed by atoms with Gasteiger partial charge >= 0.3 is 5.91 Å². The summed E-state index contributed by atoms with van der Waals surface area (Å²) in [6, 6.07) is 6.78. The number of carbonyl (C=O) groups excluding carboxylic acids is 2. The fourth-order valence-corrected chi connectivity index (χ4v) is 5.20. The van der Waals surface area contributed by atoms with Crippen LogP contribution in [0.25, 0.3) is 0 Å². The first kappa shape index (κ1) is 21.0. The molecule has 5 rings (SSSR count). The summed E-state index contributed by atoms with van der Waals surface area (Å²) in [5.74, 6) is -0.447. The summed E-state index contributed by atoms with van der Waals surface area (Å²) >= 11 is 12.4. The number of rotatable bonds is 3. The van der Waals surface area contributed by atoms with E-state index in [1.165, 1.54) is 0 Å². The molecule has 0 saturated carbocycles. The SMILES string of the molecule is O=C(Nc1c2c([n+](C(=O)c3cccnc3Cl)c3c1CCC3)CCCC2)c1cccnc1Cl. The second-order valence-corrected chi connectivity index (χ2v) is 8.78. The molecule has 0 unspecified atom stereocenters. The fourth-order valence-electron chi connectivity index (χ4n) is 4.79. The summed E-state index contributed by atoms with van der Waals surface area (Å²) in [6.45, 7) is 0. The quantitative estimate of drug-likeness (QED) is 0.457. The molecule has 32 heavy (non-hydrogen) atoms. The van der Waals surface area contributed by atoms with Gasteiger partial charge in [0.05, 0.1) is 11.3 Å². The summed E-state index contributed by atoms with van der Waals surface area (Å²) in [4.78, 5) is 34.8. The second-order valence-electron chi connectivity index (χ2n) is 8.06. The molecular formula is C24H21Cl2N4O2+. The van der Waals surface area contributed by atoms with Crippen LogP contribution in [0.1, 0.15) is 62.5 Å². The predicted octanol–water partition coefficient (Wildman–Crippen LogP) is 4.38. The molecule has 0 aromatic carbocycles. The minimum absolute atomic E-state index is 0.160. The normalized spacial score (nSPS) is 14.6. The third-order valence-electron chi connectivity index (χ3n) is 6.21. The van der Waals surface area contributed by atoms with Crippen LogP contribution in [-0.2, 0) is 25.7 Å². The molecule has 0 atom stereocenters. The molecule has 6 nitrogen and oxygen atoms in total. The van der Waals surface area contributed by atoms with Gasteiger partial charge in [-0.1, -0.05) is 23.2 Å². The number of fused-ring (bicyclic) bond motifs is 2. The number of carbonyl (C=O) groups is 2. The van der Waals surface area contributed by atoms with Crippen molar-refractivity contribution in [3.63, 3.8) is 0 Å². The van der Waals surface area contributed by atoms with E-state index in [0.29, 0.717) is 11.1 Å². The van der Waals surface area contributed by atoms with E-state index in [1.807, 2.05) is 4.57 Å². The van der Waals surface area contributed by atoms with Crippen LogP contribution in [-0.4, -0.2) is 21.8 Å². The summed E-state index contributed by atoms with van der Waals surface area (Å²) in [5.41, 5.74) is 5.50. The zero-order chi connectivity index (χ0) is 22.2. The fraction of sp³-hybridized carbons (Fsp3) is 0.292. The minimum atomic E-state index is -0.288.